The summed E-state index contributed by atoms with van der Waals surface area (Å²) in [6.45, 7) is 3.95. The first-order valence-electron chi connectivity index (χ1n) is 10.7. The van der Waals surface area contributed by atoms with Crippen molar-refractivity contribution >= 4 is 17.3 Å². The third-order valence-corrected chi connectivity index (χ3v) is 6.21. The van der Waals surface area contributed by atoms with E-state index in [4.69, 9.17) is 9.47 Å². The Morgan fingerprint density at radius 3 is 2.73 bits per heavy atom. The first-order valence-corrected chi connectivity index (χ1v) is 10.7. The molecule has 0 unspecified atom stereocenters. The Morgan fingerprint density at radius 1 is 1.13 bits per heavy atom. The predicted octanol–water partition coefficient (Wildman–Crippen LogP) is 2.72. The van der Waals surface area contributed by atoms with Gasteiger partial charge in [0.25, 0.3) is 0 Å². The quantitative estimate of drug-likeness (QED) is 0.713. The highest BCUT2D eigenvalue weighted by Crippen LogP contribution is 2.38. The topological polar surface area (TPSA) is 54.0 Å². The van der Waals surface area contributed by atoms with Crippen molar-refractivity contribution in [2.24, 2.45) is 5.92 Å². The molecule has 1 saturated heterocycles. The summed E-state index contributed by atoms with van der Waals surface area (Å²) in [5.41, 5.74) is 3.64. The molecule has 2 aromatic carbocycles. The van der Waals surface area contributed by atoms with Gasteiger partial charge in [-0.15, -0.1) is 0 Å². The molecule has 160 valence electrons. The van der Waals surface area contributed by atoms with Crippen LogP contribution in [-0.4, -0.2) is 59.0 Å². The fraction of sp³-hybridized carbons (Fsp3) is 0.458. The lowest BCUT2D eigenvalue weighted by molar-refractivity contribution is -0.125. The lowest BCUT2D eigenvalue weighted by Crippen LogP contribution is -2.61. The van der Waals surface area contributed by atoms with Crippen LogP contribution in [0.3, 0.4) is 0 Å². The highest BCUT2D eigenvalue weighted by molar-refractivity contribution is 5.82. The zero-order chi connectivity index (χ0) is 20.9. The van der Waals surface area contributed by atoms with Gasteiger partial charge < -0.3 is 24.6 Å². The third kappa shape index (κ3) is 4.24. The fourth-order valence-electron chi connectivity index (χ4n) is 4.64. The minimum Gasteiger partial charge on any atom is -0.497 e. The summed E-state index contributed by atoms with van der Waals surface area (Å²) >= 11 is 0. The molecule has 2 aromatic rings. The first-order chi connectivity index (χ1) is 14.7. The van der Waals surface area contributed by atoms with E-state index in [0.717, 1.165) is 38.2 Å². The normalized spacial score (nSPS) is 20.3. The van der Waals surface area contributed by atoms with E-state index >= 15 is 0 Å². The molecule has 1 N–H and O–H groups in total. The maximum Gasteiger partial charge on any atom is 0.225 e. The molecule has 30 heavy (non-hydrogen) atoms. The third-order valence-electron chi connectivity index (χ3n) is 6.21. The Labute approximate surface area is 178 Å². The molecule has 4 rings (SSSR count). The second-order valence-corrected chi connectivity index (χ2v) is 7.98. The lowest BCUT2D eigenvalue weighted by Gasteiger charge is -2.49. The van der Waals surface area contributed by atoms with Crippen molar-refractivity contribution in [3.63, 3.8) is 0 Å². The van der Waals surface area contributed by atoms with E-state index in [2.05, 4.69) is 51.5 Å². The van der Waals surface area contributed by atoms with Gasteiger partial charge in [0.15, 0.2) is 0 Å². The Hall–Kier alpha value is -2.73. The van der Waals surface area contributed by atoms with Gasteiger partial charge in [0.2, 0.25) is 5.91 Å². The van der Waals surface area contributed by atoms with Crippen molar-refractivity contribution in [1.82, 2.24) is 5.32 Å². The number of hydrogen-bond donors (Lipinski definition) is 1. The standard InChI is InChI=1S/C24H31N3O3/c1-29-14-6-11-25-24(28)21-15-18-9-10-20(30-2)16-22(18)27-13-12-26(17-23(21)27)19-7-4-3-5-8-19/h3-5,7-10,16,21,23H,6,11-15,17H2,1-2H3,(H,25,28)/t21-,23+/m0/s1. The molecule has 2 aliphatic rings. The number of fused-ring (bicyclic) bond motifs is 3. The predicted molar refractivity (Wildman–Crippen MR) is 119 cm³/mol. The largest absolute Gasteiger partial charge is 0.497 e. The number of nitrogens with one attached hydrogen (secondary N) is 1. The molecule has 0 aromatic heterocycles. The maximum absolute atomic E-state index is 13.2. The van der Waals surface area contributed by atoms with E-state index < -0.39 is 0 Å². The zero-order valence-electron chi connectivity index (χ0n) is 17.8. The van der Waals surface area contributed by atoms with Crippen molar-refractivity contribution in [1.29, 1.82) is 0 Å². The van der Waals surface area contributed by atoms with E-state index in [0.29, 0.717) is 13.2 Å². The van der Waals surface area contributed by atoms with Crippen molar-refractivity contribution < 1.29 is 14.3 Å². The minimum absolute atomic E-state index is 0.0834. The number of carbonyl (C=O) groups is 1. The van der Waals surface area contributed by atoms with E-state index in [1.54, 1.807) is 14.2 Å². The molecule has 2 atom stereocenters. The average Bonchev–Trinajstić information content (AvgIpc) is 2.81. The number of carbonyl (C=O) groups excluding carboxylic acids is 1. The number of hydrogen-bond acceptors (Lipinski definition) is 5. The molecule has 2 aliphatic heterocycles. The lowest BCUT2D eigenvalue weighted by atomic mass is 9.83. The molecule has 0 radical (unpaired) electrons. The SMILES string of the molecule is COCCCNC(=O)[C@H]1Cc2ccc(OC)cc2N2CCN(c3ccccc3)C[C@H]12. The van der Waals surface area contributed by atoms with E-state index in [1.807, 2.05) is 12.1 Å². The zero-order valence-corrected chi connectivity index (χ0v) is 17.8. The summed E-state index contributed by atoms with van der Waals surface area (Å²) in [4.78, 5) is 18.0. The molecule has 1 amide bonds. The number of anilines is 2. The van der Waals surface area contributed by atoms with E-state index in [-0.39, 0.29) is 17.9 Å². The van der Waals surface area contributed by atoms with Crippen molar-refractivity contribution in [3.05, 3.63) is 54.1 Å². The van der Waals surface area contributed by atoms with Crippen molar-refractivity contribution in [2.45, 2.75) is 18.9 Å². The van der Waals surface area contributed by atoms with Crippen molar-refractivity contribution in [3.8, 4) is 5.75 Å². The van der Waals surface area contributed by atoms with Crippen LogP contribution in [0.25, 0.3) is 0 Å². The molecular weight excluding hydrogens is 378 g/mol. The number of piperazine rings is 1. The molecule has 0 spiro atoms. The van der Waals surface area contributed by atoms with Gasteiger partial charge in [-0.2, -0.15) is 0 Å². The minimum atomic E-state index is -0.0834. The van der Waals surface area contributed by atoms with Crippen LogP contribution in [0.1, 0.15) is 12.0 Å². The van der Waals surface area contributed by atoms with Crippen LogP contribution in [0.4, 0.5) is 11.4 Å². The van der Waals surface area contributed by atoms with Crippen LogP contribution >= 0.6 is 0 Å². The summed E-state index contributed by atoms with van der Waals surface area (Å²) < 4.78 is 10.6. The van der Waals surface area contributed by atoms with Crippen LogP contribution in [0.5, 0.6) is 5.75 Å². The first kappa shape index (κ1) is 20.5. The summed E-state index contributed by atoms with van der Waals surface area (Å²) in [6, 6.07) is 16.8. The molecular formula is C24H31N3O3. The molecule has 0 aliphatic carbocycles. The van der Waals surface area contributed by atoms with Crippen LogP contribution in [-0.2, 0) is 16.0 Å². The maximum atomic E-state index is 13.2. The Morgan fingerprint density at radius 2 is 1.97 bits per heavy atom. The smallest absolute Gasteiger partial charge is 0.225 e. The van der Waals surface area contributed by atoms with Crippen molar-refractivity contribution in [2.75, 3.05) is 56.8 Å². The summed E-state index contributed by atoms with van der Waals surface area (Å²) in [6.07, 6.45) is 1.58. The fourth-order valence-corrected chi connectivity index (χ4v) is 4.64. The number of rotatable bonds is 7. The molecule has 6 heteroatoms. The highest BCUT2D eigenvalue weighted by atomic mass is 16.5. The highest BCUT2D eigenvalue weighted by Gasteiger charge is 2.41. The number of para-hydroxylation sites is 1. The summed E-state index contributed by atoms with van der Waals surface area (Å²) in [7, 11) is 3.39. The number of ether oxygens (including phenoxy) is 2. The number of amides is 1. The molecule has 1 fully saturated rings. The Balaban J connectivity index is 1.59. The number of nitrogens with zero attached hydrogens (tertiary/aromatic N) is 2. The second kappa shape index (κ2) is 9.39. The number of benzene rings is 2. The summed E-state index contributed by atoms with van der Waals surface area (Å²) in [5.74, 6) is 0.915. The van der Waals surface area contributed by atoms with E-state index in [9.17, 15) is 4.79 Å². The van der Waals surface area contributed by atoms with Crippen LogP contribution in [0.2, 0.25) is 0 Å². The van der Waals surface area contributed by atoms with Gasteiger partial charge in [-0.05, 0) is 36.6 Å². The van der Waals surface area contributed by atoms with Crippen LogP contribution in [0.15, 0.2) is 48.5 Å². The van der Waals surface area contributed by atoms with Gasteiger partial charge in [0.1, 0.15) is 5.75 Å². The molecule has 2 heterocycles. The van der Waals surface area contributed by atoms with Gasteiger partial charge in [-0.1, -0.05) is 24.3 Å². The molecule has 0 bridgehead atoms. The van der Waals surface area contributed by atoms with Gasteiger partial charge in [0.05, 0.1) is 19.1 Å². The van der Waals surface area contributed by atoms with E-state index in [1.165, 1.54) is 16.9 Å². The monoisotopic (exact) mass is 409 g/mol. The van der Waals surface area contributed by atoms with Gasteiger partial charge in [-0.3, -0.25) is 4.79 Å². The van der Waals surface area contributed by atoms with Gasteiger partial charge in [-0.25, -0.2) is 0 Å². The average molecular weight is 410 g/mol. The Kier molecular flexibility index (Phi) is 6.43. The van der Waals surface area contributed by atoms with Crippen LogP contribution < -0.4 is 19.9 Å². The number of methoxy groups -OCH3 is 2. The Bertz CT molecular complexity index is 858. The van der Waals surface area contributed by atoms with Crippen LogP contribution in [0, 0.1) is 5.92 Å². The van der Waals surface area contributed by atoms with Gasteiger partial charge >= 0.3 is 0 Å². The van der Waals surface area contributed by atoms with Gasteiger partial charge in [0, 0.05) is 57.3 Å². The molecule has 6 nitrogen and oxygen atoms in total. The summed E-state index contributed by atoms with van der Waals surface area (Å²) in [5, 5.41) is 3.14. The molecule has 0 saturated carbocycles. The second-order valence-electron chi connectivity index (χ2n) is 7.98.